The van der Waals surface area contributed by atoms with Gasteiger partial charge in [-0.25, -0.2) is 0 Å². The molecule has 0 atom stereocenters. The fourth-order valence-electron chi connectivity index (χ4n) is 0. The molecule has 0 nitrogen and oxygen atoms in total. The van der Waals surface area contributed by atoms with E-state index < -0.39 is 0 Å². The van der Waals surface area contributed by atoms with Crippen LogP contribution in [-0.2, 0) is 17.1 Å². The van der Waals surface area contributed by atoms with E-state index in [1.807, 2.05) is 0 Å². The van der Waals surface area contributed by atoms with Crippen molar-refractivity contribution in [2.24, 2.45) is 0 Å². The minimum Gasteiger partial charge on any atom is 0 e. The van der Waals surface area contributed by atoms with Gasteiger partial charge >= 0.3 is 24.9 Å². The first-order chi connectivity index (χ1) is 1.00. The molecule has 4 heteroatoms. The summed E-state index contributed by atoms with van der Waals surface area (Å²) in [6.45, 7) is 0. The molecule has 4 heavy (non-hydrogen) atoms. The fraction of sp³-hybridized carbons (Fsp3) is 0. The molecule has 4 radical (unpaired) electrons. The summed E-state index contributed by atoms with van der Waals surface area (Å²) in [4.78, 5) is 0. The molecule has 0 aliphatic carbocycles. The minimum absolute atomic E-state index is 0. The molecule has 0 bridgehead atoms. The van der Waals surface area contributed by atoms with Gasteiger partial charge in [0.15, 0.2) is 0 Å². The molecule has 0 amide bonds. The van der Waals surface area contributed by atoms with E-state index in [9.17, 15) is 0 Å². The third-order valence-electron chi connectivity index (χ3n) is 0. The number of hydrogen-bond acceptors (Lipinski definition) is 1. The maximum atomic E-state index is 3.96. The third kappa shape index (κ3) is 8.92. The summed E-state index contributed by atoms with van der Waals surface area (Å²) in [5.41, 5.74) is 0. The van der Waals surface area contributed by atoms with Crippen LogP contribution in [0.2, 0.25) is 0 Å². The molecule has 0 aromatic rings. The second kappa shape index (κ2) is 19.3. The van der Waals surface area contributed by atoms with Crippen LogP contribution in [-0.4, -0.2) is 40.2 Å². The second-order valence-corrected chi connectivity index (χ2v) is 0. The Bertz CT molecular complexity index is 8.00. The molecule has 0 spiro atoms. The smallest absolute Gasteiger partial charge is 0 e. The van der Waals surface area contributed by atoms with Crippen LogP contribution in [0.4, 0.5) is 0 Å². The van der Waals surface area contributed by atoms with E-state index in [-0.39, 0.29) is 42.9 Å². The fourth-order valence-corrected chi connectivity index (χ4v) is 0. The summed E-state index contributed by atoms with van der Waals surface area (Å²) in [6, 6.07) is 0. The van der Waals surface area contributed by atoms with Gasteiger partial charge in [0.1, 0.15) is 0 Å². The van der Waals surface area contributed by atoms with Crippen molar-refractivity contribution in [2.45, 2.75) is 0 Å². The van der Waals surface area contributed by atoms with Crippen LogP contribution < -0.4 is 0 Å². The van der Waals surface area contributed by atoms with Crippen molar-refractivity contribution < 1.29 is 17.1 Å². The maximum Gasteiger partial charge on any atom is 0 e. The predicted octanol–water partition coefficient (Wildman–Crippen LogP) is -0.116. The molecular weight excluding hydrogens is 289 g/mol. The van der Waals surface area contributed by atoms with E-state index in [2.05, 4.69) is 24.9 Å². The van der Waals surface area contributed by atoms with Gasteiger partial charge in [-0.3, -0.25) is 0 Å². The average Bonchev–Trinajstić information content (AvgIpc) is 1.00. The number of hydrogen-bond donors (Lipinski definition) is 0. The Hall–Kier alpha value is 2.13. The molecule has 0 aliphatic rings. The van der Waals surface area contributed by atoms with E-state index in [0.717, 1.165) is 0 Å². The Kier molecular flexibility index (Phi) is 79.4. The van der Waals surface area contributed by atoms with E-state index in [0.29, 0.717) is 0 Å². The van der Waals surface area contributed by atoms with Crippen LogP contribution in [0.3, 0.4) is 0 Å². The molecule has 0 aliphatic heterocycles. The first-order valence-electron chi connectivity index (χ1n) is 0.167. The Balaban J connectivity index is -0.00000000500. The predicted molar refractivity (Wildman–Crippen MR) is 19.1 cm³/mol. The van der Waals surface area contributed by atoms with Crippen LogP contribution in [0.1, 0.15) is 0 Å². The standard InChI is InChI=1S/Cu.In.SSe/c;;1-2. The zero-order valence-electron chi connectivity index (χ0n) is 1.70. The summed E-state index contributed by atoms with van der Waals surface area (Å²) in [5, 5.41) is 0. The Morgan fingerprint density at radius 3 is 1.25 bits per heavy atom. The van der Waals surface area contributed by atoms with Crippen molar-refractivity contribution in [1.29, 1.82) is 0 Å². The first-order valence-corrected chi connectivity index (χ1v) is 2.60. The monoisotopic (exact) mass is 290 g/mol. The molecule has 26 valence electrons. The summed E-state index contributed by atoms with van der Waals surface area (Å²) < 4.78 is 0. The molecule has 0 aromatic heterocycles. The van der Waals surface area contributed by atoms with E-state index >= 15 is 0 Å². The van der Waals surface area contributed by atoms with Gasteiger partial charge in [-0.2, -0.15) is 0 Å². The molecule has 0 N–H and O–H groups in total. The van der Waals surface area contributed by atoms with Gasteiger partial charge in [-0.15, -0.1) is 0 Å². The van der Waals surface area contributed by atoms with E-state index in [4.69, 9.17) is 0 Å². The van der Waals surface area contributed by atoms with Crippen molar-refractivity contribution >= 4 is 50.8 Å². The van der Waals surface area contributed by atoms with Crippen LogP contribution in [0.25, 0.3) is 0 Å². The minimum atomic E-state index is 0. The molecule has 0 heterocycles. The van der Waals surface area contributed by atoms with Crippen molar-refractivity contribution in [3.8, 4) is 0 Å². The summed E-state index contributed by atoms with van der Waals surface area (Å²) >= 11 is 2.21. The first kappa shape index (κ1) is 16.5. The Morgan fingerprint density at radius 1 is 1.25 bits per heavy atom. The van der Waals surface area contributed by atoms with Gasteiger partial charge in [0, 0.05) is 42.9 Å². The summed E-state index contributed by atoms with van der Waals surface area (Å²) in [7, 11) is 3.96. The van der Waals surface area contributed by atoms with Gasteiger partial charge in [0.25, 0.3) is 0 Å². The van der Waals surface area contributed by atoms with Crippen LogP contribution in [0.5, 0.6) is 0 Å². The van der Waals surface area contributed by atoms with Crippen molar-refractivity contribution in [3.63, 3.8) is 0 Å². The van der Waals surface area contributed by atoms with Gasteiger partial charge in [-0.1, -0.05) is 0 Å². The van der Waals surface area contributed by atoms with E-state index in [1.165, 1.54) is 0 Å². The maximum absolute atomic E-state index is 3.96. The molecular formula is CuInSSe. The number of rotatable bonds is 0. The molecule has 0 fully saturated rings. The van der Waals surface area contributed by atoms with Crippen LogP contribution >= 0.6 is 10.6 Å². The van der Waals surface area contributed by atoms with Crippen LogP contribution in [0.15, 0.2) is 0 Å². The average molecular weight is 289 g/mol. The molecule has 0 saturated heterocycles. The van der Waals surface area contributed by atoms with Crippen LogP contribution in [0, 0.1) is 0 Å². The summed E-state index contributed by atoms with van der Waals surface area (Å²) in [5.74, 6) is 0. The van der Waals surface area contributed by atoms with Crippen molar-refractivity contribution in [1.82, 2.24) is 0 Å². The Labute approximate surface area is 67.0 Å². The topological polar surface area (TPSA) is 0 Å². The van der Waals surface area contributed by atoms with Crippen molar-refractivity contribution in [3.05, 3.63) is 0 Å². The largest absolute Gasteiger partial charge is 0 e. The summed E-state index contributed by atoms with van der Waals surface area (Å²) in [6.07, 6.45) is 0. The van der Waals surface area contributed by atoms with E-state index in [1.54, 1.807) is 0 Å². The normalized spacial score (nSPS) is 1.00. The molecule has 0 aromatic carbocycles. The molecule has 0 rings (SSSR count). The molecule has 0 saturated carbocycles. The Morgan fingerprint density at radius 2 is 1.25 bits per heavy atom. The van der Waals surface area contributed by atoms with Gasteiger partial charge in [-0.05, 0) is 0 Å². The van der Waals surface area contributed by atoms with Crippen molar-refractivity contribution in [2.75, 3.05) is 0 Å². The quantitative estimate of drug-likeness (QED) is 0.561. The SMILES string of the molecule is S=[Se].[Cu].[In]. The second-order valence-electron chi connectivity index (χ2n) is 0. The zero-order chi connectivity index (χ0) is 2.00. The van der Waals surface area contributed by atoms with Gasteiger partial charge in [0.2, 0.25) is 0 Å². The third-order valence-corrected chi connectivity index (χ3v) is 0. The zero-order valence-corrected chi connectivity index (χ0v) is 8.46. The van der Waals surface area contributed by atoms with Gasteiger partial charge < -0.3 is 0 Å². The molecule has 0 unspecified atom stereocenters. The van der Waals surface area contributed by atoms with Gasteiger partial charge in [0.05, 0.1) is 0 Å².